The van der Waals surface area contributed by atoms with Crippen LogP contribution in [0.25, 0.3) is 10.8 Å². The lowest BCUT2D eigenvalue weighted by Gasteiger charge is -2.06. The van der Waals surface area contributed by atoms with Crippen LogP contribution in [0.3, 0.4) is 0 Å². The lowest BCUT2D eigenvalue weighted by molar-refractivity contribution is 0.103. The number of rotatable bonds is 2. The summed E-state index contributed by atoms with van der Waals surface area (Å²) >= 11 is 0. The van der Waals surface area contributed by atoms with Crippen LogP contribution in [-0.4, -0.2) is 10.8 Å². The van der Waals surface area contributed by atoms with Gasteiger partial charge in [0.25, 0.3) is 0 Å². The zero-order valence-corrected chi connectivity index (χ0v) is 11.1. The fourth-order valence-corrected chi connectivity index (χ4v) is 2.25. The van der Waals surface area contributed by atoms with Crippen molar-refractivity contribution in [3.8, 4) is 0 Å². The predicted octanol–water partition coefficient (Wildman–Crippen LogP) is 3.36. The third-order valence-electron chi connectivity index (χ3n) is 3.31. The summed E-state index contributed by atoms with van der Waals surface area (Å²) in [6, 6.07) is 15.4. The third-order valence-corrected chi connectivity index (χ3v) is 3.31. The highest BCUT2D eigenvalue weighted by molar-refractivity contribution is 6.13. The van der Waals surface area contributed by atoms with E-state index in [0.717, 1.165) is 16.3 Å². The Morgan fingerprint density at radius 1 is 1.05 bits per heavy atom. The average Bonchev–Trinajstić information content (AvgIpc) is 2.48. The van der Waals surface area contributed by atoms with E-state index in [0.29, 0.717) is 11.1 Å². The highest BCUT2D eigenvalue weighted by atomic mass is 16.1. The number of fused-ring (bicyclic) bond motifs is 1. The second kappa shape index (κ2) is 4.78. The minimum Gasteiger partial charge on any atom is -0.383 e. The van der Waals surface area contributed by atoms with Gasteiger partial charge in [-0.25, -0.2) is 4.98 Å². The normalized spacial score (nSPS) is 10.7. The van der Waals surface area contributed by atoms with Gasteiger partial charge in [-0.3, -0.25) is 4.79 Å². The van der Waals surface area contributed by atoms with E-state index in [9.17, 15) is 4.79 Å². The molecule has 1 heterocycles. The Morgan fingerprint density at radius 2 is 1.80 bits per heavy atom. The largest absolute Gasteiger partial charge is 0.383 e. The number of hydrogen-bond acceptors (Lipinski definition) is 3. The van der Waals surface area contributed by atoms with E-state index in [1.54, 1.807) is 12.3 Å². The quantitative estimate of drug-likeness (QED) is 0.720. The second-order valence-electron chi connectivity index (χ2n) is 4.84. The van der Waals surface area contributed by atoms with E-state index in [4.69, 9.17) is 5.73 Å². The molecule has 98 valence electrons. The van der Waals surface area contributed by atoms with Crippen molar-refractivity contribution >= 4 is 22.4 Å². The van der Waals surface area contributed by atoms with Crippen molar-refractivity contribution in [2.24, 2.45) is 0 Å². The Labute approximate surface area is 117 Å². The predicted molar refractivity (Wildman–Crippen MR) is 80.8 cm³/mol. The number of benzene rings is 2. The van der Waals surface area contributed by atoms with Gasteiger partial charge >= 0.3 is 0 Å². The molecule has 20 heavy (non-hydrogen) atoms. The van der Waals surface area contributed by atoms with Gasteiger partial charge in [-0.2, -0.15) is 0 Å². The Bertz CT molecular complexity index is 809. The molecule has 3 nitrogen and oxygen atoms in total. The van der Waals surface area contributed by atoms with Crippen LogP contribution in [0.5, 0.6) is 0 Å². The first-order valence-corrected chi connectivity index (χ1v) is 6.41. The summed E-state index contributed by atoms with van der Waals surface area (Å²) in [5.74, 6) is 0.179. The van der Waals surface area contributed by atoms with Gasteiger partial charge in [0.1, 0.15) is 5.82 Å². The molecule has 0 saturated carbocycles. The number of carbonyl (C=O) groups is 1. The van der Waals surface area contributed by atoms with Crippen molar-refractivity contribution < 1.29 is 4.79 Å². The van der Waals surface area contributed by atoms with Crippen molar-refractivity contribution in [3.05, 3.63) is 71.4 Å². The fourth-order valence-electron chi connectivity index (χ4n) is 2.25. The maximum atomic E-state index is 12.5. The van der Waals surface area contributed by atoms with Gasteiger partial charge in [0.2, 0.25) is 0 Å². The van der Waals surface area contributed by atoms with Gasteiger partial charge in [0.15, 0.2) is 5.78 Å². The second-order valence-corrected chi connectivity index (χ2v) is 4.84. The van der Waals surface area contributed by atoms with Gasteiger partial charge in [0, 0.05) is 11.8 Å². The molecule has 0 bridgehead atoms. The van der Waals surface area contributed by atoms with Crippen LogP contribution in [0, 0.1) is 6.92 Å². The molecule has 0 fully saturated rings. The number of aromatic nitrogens is 1. The third kappa shape index (κ3) is 2.14. The molecule has 0 spiro atoms. The molecule has 0 atom stereocenters. The highest BCUT2D eigenvalue weighted by Gasteiger charge is 2.13. The number of hydrogen-bond donors (Lipinski definition) is 1. The molecule has 0 unspecified atom stereocenters. The van der Waals surface area contributed by atoms with Crippen molar-refractivity contribution in [2.75, 3.05) is 5.73 Å². The average molecular weight is 262 g/mol. The van der Waals surface area contributed by atoms with E-state index in [2.05, 4.69) is 4.98 Å². The minimum absolute atomic E-state index is 0.0931. The van der Waals surface area contributed by atoms with E-state index >= 15 is 0 Å². The molecule has 2 aromatic carbocycles. The van der Waals surface area contributed by atoms with Crippen LogP contribution in [0.4, 0.5) is 5.82 Å². The van der Waals surface area contributed by atoms with E-state index in [1.165, 1.54) is 0 Å². The summed E-state index contributed by atoms with van der Waals surface area (Å²) in [6.45, 7) is 1.89. The number of ketones is 1. The number of nitrogens with two attached hydrogens (primary N) is 1. The van der Waals surface area contributed by atoms with Crippen LogP contribution < -0.4 is 5.73 Å². The summed E-state index contributed by atoms with van der Waals surface area (Å²) in [4.78, 5) is 16.6. The van der Waals surface area contributed by atoms with E-state index in [-0.39, 0.29) is 11.6 Å². The zero-order valence-electron chi connectivity index (χ0n) is 11.1. The molecule has 0 radical (unpaired) electrons. The molecule has 3 rings (SSSR count). The topological polar surface area (TPSA) is 56.0 Å². The summed E-state index contributed by atoms with van der Waals surface area (Å²) in [6.07, 6.45) is 1.66. The summed E-state index contributed by atoms with van der Waals surface area (Å²) in [7, 11) is 0. The molecule has 0 aliphatic carbocycles. The van der Waals surface area contributed by atoms with Crippen LogP contribution in [0.2, 0.25) is 0 Å². The molecule has 1 aromatic heterocycles. The van der Waals surface area contributed by atoms with Gasteiger partial charge < -0.3 is 5.73 Å². The maximum absolute atomic E-state index is 12.5. The molecule has 0 aliphatic rings. The molecular weight excluding hydrogens is 248 g/mol. The SMILES string of the molecule is Cc1cnc(N)c(C(=O)c2ccc3ccccc3c2)c1. The van der Waals surface area contributed by atoms with Crippen LogP contribution in [-0.2, 0) is 0 Å². The fraction of sp³-hybridized carbons (Fsp3) is 0.0588. The van der Waals surface area contributed by atoms with Crippen molar-refractivity contribution in [2.45, 2.75) is 6.92 Å². The van der Waals surface area contributed by atoms with Gasteiger partial charge in [0.05, 0.1) is 5.56 Å². The molecule has 3 aromatic rings. The van der Waals surface area contributed by atoms with E-state index < -0.39 is 0 Å². The monoisotopic (exact) mass is 262 g/mol. The van der Waals surface area contributed by atoms with Crippen molar-refractivity contribution in [1.29, 1.82) is 0 Å². The molecule has 0 amide bonds. The van der Waals surface area contributed by atoms with Gasteiger partial charge in [-0.15, -0.1) is 0 Å². The molecule has 3 heteroatoms. The Morgan fingerprint density at radius 3 is 2.60 bits per heavy atom. The summed E-state index contributed by atoms with van der Waals surface area (Å²) in [5.41, 5.74) is 7.81. The number of nitrogen functional groups attached to an aromatic ring is 1. The molecule has 0 saturated heterocycles. The van der Waals surface area contributed by atoms with Crippen molar-refractivity contribution in [1.82, 2.24) is 4.98 Å². The Kier molecular flexibility index (Phi) is 2.95. The number of pyridine rings is 1. The standard InChI is InChI=1S/C17H14N2O/c1-11-8-15(17(18)19-10-11)16(20)14-7-6-12-4-2-3-5-13(12)9-14/h2-10H,1H3,(H2,18,19). The van der Waals surface area contributed by atoms with Crippen molar-refractivity contribution in [3.63, 3.8) is 0 Å². The molecule has 2 N–H and O–H groups in total. The lowest BCUT2D eigenvalue weighted by atomic mass is 9.99. The maximum Gasteiger partial charge on any atom is 0.196 e. The number of anilines is 1. The summed E-state index contributed by atoms with van der Waals surface area (Å²) in [5, 5.41) is 2.15. The van der Waals surface area contributed by atoms with Gasteiger partial charge in [-0.1, -0.05) is 36.4 Å². The minimum atomic E-state index is -0.0931. The highest BCUT2D eigenvalue weighted by Crippen LogP contribution is 2.20. The van der Waals surface area contributed by atoms with Crippen LogP contribution in [0.1, 0.15) is 21.5 Å². The first-order valence-electron chi connectivity index (χ1n) is 6.41. The first-order chi connectivity index (χ1) is 9.65. The van der Waals surface area contributed by atoms with Crippen LogP contribution >= 0.6 is 0 Å². The van der Waals surface area contributed by atoms with Gasteiger partial charge in [-0.05, 0) is 35.4 Å². The first kappa shape index (κ1) is 12.4. The van der Waals surface area contributed by atoms with Crippen LogP contribution in [0.15, 0.2) is 54.7 Å². The number of carbonyl (C=O) groups excluding carboxylic acids is 1. The van der Waals surface area contributed by atoms with E-state index in [1.807, 2.05) is 49.4 Å². The summed E-state index contributed by atoms with van der Waals surface area (Å²) < 4.78 is 0. The molecular formula is C17H14N2O. The number of aryl methyl sites for hydroxylation is 1. The zero-order chi connectivity index (χ0) is 14.1. The smallest absolute Gasteiger partial charge is 0.196 e. The number of nitrogens with zero attached hydrogens (tertiary/aromatic N) is 1. The lowest BCUT2D eigenvalue weighted by Crippen LogP contribution is -2.07. The molecule has 0 aliphatic heterocycles. The Balaban J connectivity index is 2.10. The Hall–Kier alpha value is -2.68.